The molecule has 1 N–H and O–H groups in total. The number of amides is 2. The topological polar surface area (TPSA) is 58.6 Å². The van der Waals surface area contributed by atoms with E-state index in [1.807, 2.05) is 18.2 Å². The summed E-state index contributed by atoms with van der Waals surface area (Å²) in [4.78, 5) is 25.4. The van der Waals surface area contributed by atoms with E-state index < -0.39 is 17.6 Å². The Labute approximate surface area is 161 Å². The van der Waals surface area contributed by atoms with Gasteiger partial charge in [-0.3, -0.25) is 9.59 Å². The molecular formula is C20H21F3N2O3. The maximum absolute atomic E-state index is 12.8. The molecule has 0 radical (unpaired) electrons. The van der Waals surface area contributed by atoms with Crippen molar-refractivity contribution in [2.75, 3.05) is 25.5 Å². The molecule has 0 heterocycles. The van der Waals surface area contributed by atoms with Gasteiger partial charge in [-0.1, -0.05) is 18.2 Å². The maximum Gasteiger partial charge on any atom is 0.416 e. The molecule has 0 aromatic heterocycles. The summed E-state index contributed by atoms with van der Waals surface area (Å²) in [5.41, 5.74) is 0.103. The number of anilines is 1. The minimum Gasteiger partial charge on any atom is -0.497 e. The molecule has 0 aliphatic carbocycles. The summed E-state index contributed by atoms with van der Waals surface area (Å²) >= 11 is 0. The number of ether oxygens (including phenoxy) is 1. The standard InChI is InChI=1S/C20H21F3N2O3/c1-14(26)25(10-9-15-5-3-8-18(11-15)28-2)13-19(27)24-17-7-4-6-16(12-17)20(21,22)23/h3-8,11-12H,9-10,13H2,1-2H3,(H,24,27). The molecule has 0 unspecified atom stereocenters. The second-order valence-corrected chi connectivity index (χ2v) is 6.17. The summed E-state index contributed by atoms with van der Waals surface area (Å²) in [5.74, 6) is -0.184. The summed E-state index contributed by atoms with van der Waals surface area (Å²) in [7, 11) is 1.55. The highest BCUT2D eigenvalue weighted by atomic mass is 19.4. The molecule has 2 rings (SSSR count). The van der Waals surface area contributed by atoms with Crippen LogP contribution in [-0.4, -0.2) is 36.9 Å². The van der Waals surface area contributed by atoms with Gasteiger partial charge in [-0.2, -0.15) is 13.2 Å². The molecule has 0 fully saturated rings. The quantitative estimate of drug-likeness (QED) is 0.778. The number of nitrogens with one attached hydrogen (secondary N) is 1. The fourth-order valence-corrected chi connectivity index (χ4v) is 2.59. The van der Waals surface area contributed by atoms with E-state index in [2.05, 4.69) is 5.32 Å². The van der Waals surface area contributed by atoms with Gasteiger partial charge in [0.25, 0.3) is 0 Å². The highest BCUT2D eigenvalue weighted by Crippen LogP contribution is 2.30. The van der Waals surface area contributed by atoms with Crippen molar-refractivity contribution in [1.29, 1.82) is 0 Å². The van der Waals surface area contributed by atoms with Gasteiger partial charge < -0.3 is 15.0 Å². The minimum absolute atomic E-state index is 0.0242. The predicted molar refractivity (Wildman–Crippen MR) is 99.0 cm³/mol. The average Bonchev–Trinajstić information content (AvgIpc) is 2.64. The molecule has 28 heavy (non-hydrogen) atoms. The summed E-state index contributed by atoms with van der Waals surface area (Å²) < 4.78 is 43.4. The van der Waals surface area contributed by atoms with Crippen molar-refractivity contribution < 1.29 is 27.5 Å². The van der Waals surface area contributed by atoms with Crippen LogP contribution < -0.4 is 10.1 Å². The van der Waals surface area contributed by atoms with Crippen LogP contribution >= 0.6 is 0 Å². The number of carbonyl (C=O) groups is 2. The molecule has 0 aliphatic heterocycles. The summed E-state index contributed by atoms with van der Waals surface area (Å²) in [6.45, 7) is 1.37. The maximum atomic E-state index is 12.8. The lowest BCUT2D eigenvalue weighted by atomic mass is 10.1. The number of rotatable bonds is 7. The fraction of sp³-hybridized carbons (Fsp3) is 0.300. The largest absolute Gasteiger partial charge is 0.497 e. The molecule has 8 heteroatoms. The van der Waals surface area contributed by atoms with Crippen LogP contribution in [0.15, 0.2) is 48.5 Å². The van der Waals surface area contributed by atoms with Crippen LogP contribution in [0.1, 0.15) is 18.1 Å². The fourth-order valence-electron chi connectivity index (χ4n) is 2.59. The second kappa shape index (κ2) is 9.25. The van der Waals surface area contributed by atoms with Crippen LogP contribution in [0.4, 0.5) is 18.9 Å². The third kappa shape index (κ3) is 6.29. The van der Waals surface area contributed by atoms with E-state index in [1.165, 1.54) is 24.0 Å². The van der Waals surface area contributed by atoms with E-state index in [9.17, 15) is 22.8 Å². The molecule has 2 aromatic rings. The lowest BCUT2D eigenvalue weighted by Crippen LogP contribution is -2.38. The molecule has 0 saturated heterocycles. The average molecular weight is 394 g/mol. The summed E-state index contributed by atoms with van der Waals surface area (Å²) in [6.07, 6.45) is -3.99. The summed E-state index contributed by atoms with van der Waals surface area (Å²) in [6, 6.07) is 11.7. The van der Waals surface area contributed by atoms with Crippen molar-refractivity contribution in [1.82, 2.24) is 4.90 Å². The van der Waals surface area contributed by atoms with E-state index in [-0.39, 0.29) is 18.1 Å². The zero-order chi connectivity index (χ0) is 20.7. The van der Waals surface area contributed by atoms with Crippen molar-refractivity contribution in [2.24, 2.45) is 0 Å². The third-order valence-electron chi connectivity index (χ3n) is 4.06. The van der Waals surface area contributed by atoms with E-state index in [0.717, 1.165) is 17.7 Å². The highest BCUT2D eigenvalue weighted by molar-refractivity contribution is 5.94. The molecule has 0 aliphatic rings. The smallest absolute Gasteiger partial charge is 0.416 e. The van der Waals surface area contributed by atoms with Crippen molar-refractivity contribution >= 4 is 17.5 Å². The van der Waals surface area contributed by atoms with Gasteiger partial charge in [0.2, 0.25) is 11.8 Å². The number of carbonyl (C=O) groups excluding carboxylic acids is 2. The SMILES string of the molecule is COc1cccc(CCN(CC(=O)Nc2cccc(C(F)(F)F)c2)C(C)=O)c1. The highest BCUT2D eigenvalue weighted by Gasteiger charge is 2.30. The number of methoxy groups -OCH3 is 1. The van der Waals surface area contributed by atoms with Crippen LogP contribution in [0, 0.1) is 0 Å². The first-order valence-electron chi connectivity index (χ1n) is 8.54. The molecule has 5 nitrogen and oxygen atoms in total. The molecule has 0 bridgehead atoms. The Bertz CT molecular complexity index is 837. The normalized spacial score (nSPS) is 11.0. The number of nitrogens with zero attached hydrogens (tertiary/aromatic N) is 1. The van der Waals surface area contributed by atoms with E-state index >= 15 is 0 Å². The Morgan fingerprint density at radius 1 is 1.11 bits per heavy atom. The molecule has 2 aromatic carbocycles. The monoisotopic (exact) mass is 394 g/mol. The molecule has 0 spiro atoms. The number of hydrogen-bond acceptors (Lipinski definition) is 3. The Kier molecular flexibility index (Phi) is 7.03. The van der Waals surface area contributed by atoms with E-state index in [4.69, 9.17) is 4.74 Å². The van der Waals surface area contributed by atoms with Crippen LogP contribution in [-0.2, 0) is 22.2 Å². The van der Waals surface area contributed by atoms with Gasteiger partial charge in [0.05, 0.1) is 19.2 Å². The number of alkyl halides is 3. The van der Waals surface area contributed by atoms with Crippen molar-refractivity contribution in [3.05, 3.63) is 59.7 Å². The van der Waals surface area contributed by atoms with Gasteiger partial charge in [0.15, 0.2) is 0 Å². The molecule has 2 amide bonds. The Hall–Kier alpha value is -3.03. The van der Waals surface area contributed by atoms with Crippen molar-refractivity contribution in [3.63, 3.8) is 0 Å². The van der Waals surface area contributed by atoms with E-state index in [0.29, 0.717) is 18.7 Å². The Morgan fingerprint density at radius 3 is 2.46 bits per heavy atom. The third-order valence-corrected chi connectivity index (χ3v) is 4.06. The van der Waals surface area contributed by atoms with Crippen LogP contribution in [0.2, 0.25) is 0 Å². The number of benzene rings is 2. The Morgan fingerprint density at radius 2 is 1.82 bits per heavy atom. The summed E-state index contributed by atoms with van der Waals surface area (Å²) in [5, 5.41) is 2.40. The predicted octanol–water partition coefficient (Wildman–Crippen LogP) is 3.74. The second-order valence-electron chi connectivity index (χ2n) is 6.17. The van der Waals surface area contributed by atoms with Gasteiger partial charge in [0.1, 0.15) is 5.75 Å². The van der Waals surface area contributed by atoms with Gasteiger partial charge in [0, 0.05) is 19.2 Å². The van der Waals surface area contributed by atoms with Crippen LogP contribution in [0.25, 0.3) is 0 Å². The van der Waals surface area contributed by atoms with Crippen LogP contribution in [0.3, 0.4) is 0 Å². The van der Waals surface area contributed by atoms with Gasteiger partial charge in [-0.25, -0.2) is 0 Å². The van der Waals surface area contributed by atoms with Gasteiger partial charge >= 0.3 is 6.18 Å². The lowest BCUT2D eigenvalue weighted by molar-refractivity contribution is -0.137. The van der Waals surface area contributed by atoms with Crippen molar-refractivity contribution in [3.8, 4) is 5.75 Å². The number of hydrogen-bond donors (Lipinski definition) is 1. The Balaban J connectivity index is 1.98. The lowest BCUT2D eigenvalue weighted by Gasteiger charge is -2.21. The van der Waals surface area contributed by atoms with Gasteiger partial charge in [-0.05, 0) is 42.3 Å². The molecule has 150 valence electrons. The van der Waals surface area contributed by atoms with Gasteiger partial charge in [-0.15, -0.1) is 0 Å². The first kappa shape index (κ1) is 21.3. The molecular weight excluding hydrogens is 373 g/mol. The minimum atomic E-state index is -4.50. The molecule has 0 saturated carbocycles. The number of halogens is 3. The first-order valence-corrected chi connectivity index (χ1v) is 8.54. The van der Waals surface area contributed by atoms with Crippen LogP contribution in [0.5, 0.6) is 5.75 Å². The zero-order valence-corrected chi connectivity index (χ0v) is 15.5. The zero-order valence-electron chi connectivity index (χ0n) is 15.5. The first-order chi connectivity index (χ1) is 13.2. The van der Waals surface area contributed by atoms with Crippen molar-refractivity contribution in [2.45, 2.75) is 19.5 Å². The molecule has 0 atom stereocenters. The van der Waals surface area contributed by atoms with E-state index in [1.54, 1.807) is 13.2 Å².